The molecule has 1 unspecified atom stereocenters. The number of hydrogen-bond donors (Lipinski definition) is 1. The summed E-state index contributed by atoms with van der Waals surface area (Å²) in [6.07, 6.45) is 1.98. The normalized spacial score (nSPS) is 21.6. The number of morpholine rings is 1. The zero-order chi connectivity index (χ0) is 21.3. The number of aromatic nitrogens is 1. The van der Waals surface area contributed by atoms with Crippen molar-refractivity contribution in [1.82, 2.24) is 15.4 Å². The average molecular weight is 405 g/mol. The van der Waals surface area contributed by atoms with Gasteiger partial charge in [0.05, 0.1) is 36.9 Å². The second-order valence-corrected chi connectivity index (χ2v) is 7.91. The lowest BCUT2D eigenvalue weighted by molar-refractivity contribution is 0.122. The van der Waals surface area contributed by atoms with Crippen molar-refractivity contribution in [2.24, 2.45) is 4.99 Å². The number of pyridine rings is 1. The van der Waals surface area contributed by atoms with E-state index in [1.54, 1.807) is 0 Å². The standard InChI is InChI=1S/C23H28N6O/c1-15-18(13-24)6-5-7-19(15)16(2)26-23-20-12-22(29-8-10-30-11-9-29)25-14-21(20)17(3)28(4)27-23/h5-7,12,14,16-17H,8-11H2,1-4H3,(H,26,27)/t16-,17?/m1/s1. The van der Waals surface area contributed by atoms with Gasteiger partial charge in [0.1, 0.15) is 11.7 Å². The first-order valence-corrected chi connectivity index (χ1v) is 10.4. The van der Waals surface area contributed by atoms with Crippen molar-refractivity contribution in [1.29, 1.82) is 5.26 Å². The van der Waals surface area contributed by atoms with Crippen molar-refractivity contribution in [2.45, 2.75) is 32.9 Å². The van der Waals surface area contributed by atoms with Crippen LogP contribution in [0.5, 0.6) is 0 Å². The maximum atomic E-state index is 9.37. The topological polar surface area (TPSA) is 76.8 Å². The summed E-state index contributed by atoms with van der Waals surface area (Å²) < 4.78 is 5.48. The molecule has 1 saturated heterocycles. The van der Waals surface area contributed by atoms with Crippen LogP contribution in [0.3, 0.4) is 0 Å². The van der Waals surface area contributed by atoms with Gasteiger partial charge in [-0.2, -0.15) is 5.26 Å². The lowest BCUT2D eigenvalue weighted by Crippen LogP contribution is -2.46. The molecule has 3 heterocycles. The lowest BCUT2D eigenvalue weighted by atomic mass is 9.97. The number of rotatable bonds is 3. The molecular weight excluding hydrogens is 376 g/mol. The summed E-state index contributed by atoms with van der Waals surface area (Å²) in [6, 6.07) is 10.3. The van der Waals surface area contributed by atoms with Crippen molar-refractivity contribution < 1.29 is 4.74 Å². The highest BCUT2D eigenvalue weighted by Gasteiger charge is 2.28. The number of hydrazine groups is 1. The molecule has 2 aromatic rings. The predicted molar refractivity (Wildman–Crippen MR) is 117 cm³/mol. The molecule has 2 aliphatic heterocycles. The Morgan fingerprint density at radius 3 is 2.83 bits per heavy atom. The Morgan fingerprint density at radius 2 is 2.10 bits per heavy atom. The molecule has 1 aromatic heterocycles. The summed E-state index contributed by atoms with van der Waals surface area (Å²) in [5.74, 6) is 1.79. The van der Waals surface area contributed by atoms with Gasteiger partial charge in [0.2, 0.25) is 0 Å². The molecule has 30 heavy (non-hydrogen) atoms. The predicted octanol–water partition coefficient (Wildman–Crippen LogP) is 3.12. The first-order chi connectivity index (χ1) is 14.5. The summed E-state index contributed by atoms with van der Waals surface area (Å²) in [7, 11) is 2.02. The molecule has 1 N–H and O–H groups in total. The van der Waals surface area contributed by atoms with Gasteiger partial charge in [0, 0.05) is 37.5 Å². The quantitative estimate of drug-likeness (QED) is 0.847. The van der Waals surface area contributed by atoms with E-state index >= 15 is 0 Å². The van der Waals surface area contributed by atoms with Crippen LogP contribution in [-0.4, -0.2) is 49.2 Å². The Hall–Kier alpha value is -2.95. The second-order valence-electron chi connectivity index (χ2n) is 7.91. The van der Waals surface area contributed by atoms with Crippen molar-refractivity contribution in [3.8, 4) is 6.07 Å². The van der Waals surface area contributed by atoms with Crippen LogP contribution in [0, 0.1) is 18.3 Å². The van der Waals surface area contributed by atoms with Crippen LogP contribution in [0.4, 0.5) is 5.82 Å². The van der Waals surface area contributed by atoms with Gasteiger partial charge in [-0.15, -0.1) is 0 Å². The minimum atomic E-state index is -0.0875. The van der Waals surface area contributed by atoms with Crippen LogP contribution in [0.1, 0.15) is 53.7 Å². The fourth-order valence-electron chi connectivity index (χ4n) is 4.08. The van der Waals surface area contributed by atoms with Gasteiger partial charge < -0.3 is 15.1 Å². The summed E-state index contributed by atoms with van der Waals surface area (Å²) in [5.41, 5.74) is 8.43. The fraction of sp³-hybridized carbons (Fsp3) is 0.435. The van der Waals surface area contributed by atoms with E-state index in [1.165, 1.54) is 0 Å². The van der Waals surface area contributed by atoms with Crippen LogP contribution in [0.25, 0.3) is 0 Å². The van der Waals surface area contributed by atoms with E-state index in [0.29, 0.717) is 5.56 Å². The monoisotopic (exact) mass is 404 g/mol. The van der Waals surface area contributed by atoms with Gasteiger partial charge in [-0.3, -0.25) is 4.99 Å². The number of aliphatic imine (C=N–C) groups is 1. The highest BCUT2D eigenvalue weighted by atomic mass is 16.5. The Labute approximate surface area is 178 Å². The fourth-order valence-corrected chi connectivity index (χ4v) is 4.08. The lowest BCUT2D eigenvalue weighted by Gasteiger charge is -2.35. The van der Waals surface area contributed by atoms with Gasteiger partial charge in [0.25, 0.3) is 0 Å². The largest absolute Gasteiger partial charge is 0.378 e. The first-order valence-electron chi connectivity index (χ1n) is 10.4. The van der Waals surface area contributed by atoms with E-state index in [-0.39, 0.29) is 12.1 Å². The molecular formula is C23H28N6O. The molecule has 0 spiro atoms. The van der Waals surface area contributed by atoms with Crippen molar-refractivity contribution in [3.63, 3.8) is 0 Å². The van der Waals surface area contributed by atoms with Crippen molar-refractivity contribution in [2.75, 3.05) is 38.3 Å². The summed E-state index contributed by atoms with van der Waals surface area (Å²) in [6.45, 7) is 9.35. The van der Waals surface area contributed by atoms with Crippen molar-refractivity contribution in [3.05, 3.63) is 58.3 Å². The molecule has 0 saturated carbocycles. The number of anilines is 1. The number of amidine groups is 1. The Bertz CT molecular complexity index is 1010. The molecule has 2 atom stereocenters. The molecule has 4 rings (SSSR count). The van der Waals surface area contributed by atoms with Crippen LogP contribution in [-0.2, 0) is 4.74 Å². The number of benzene rings is 1. The molecule has 156 valence electrons. The zero-order valence-electron chi connectivity index (χ0n) is 18.0. The molecule has 7 nitrogen and oxygen atoms in total. The smallest absolute Gasteiger partial charge is 0.144 e. The number of nitriles is 1. The van der Waals surface area contributed by atoms with E-state index in [0.717, 1.165) is 60.2 Å². The van der Waals surface area contributed by atoms with E-state index in [2.05, 4.69) is 41.3 Å². The minimum absolute atomic E-state index is 0.0875. The van der Waals surface area contributed by atoms with Crippen LogP contribution in [0.15, 0.2) is 35.5 Å². The van der Waals surface area contributed by atoms with Crippen LogP contribution >= 0.6 is 0 Å². The molecule has 1 aromatic carbocycles. The van der Waals surface area contributed by atoms with Crippen LogP contribution in [0.2, 0.25) is 0 Å². The van der Waals surface area contributed by atoms with Gasteiger partial charge in [-0.1, -0.05) is 12.1 Å². The summed E-state index contributed by atoms with van der Waals surface area (Å²) in [4.78, 5) is 12.0. The van der Waals surface area contributed by atoms with E-state index in [4.69, 9.17) is 14.7 Å². The van der Waals surface area contributed by atoms with E-state index in [9.17, 15) is 5.26 Å². The highest BCUT2D eigenvalue weighted by Crippen LogP contribution is 2.30. The Morgan fingerprint density at radius 1 is 1.33 bits per heavy atom. The Kier molecular flexibility index (Phi) is 5.71. The molecule has 1 fully saturated rings. The highest BCUT2D eigenvalue weighted by molar-refractivity contribution is 6.01. The number of nitrogens with zero attached hydrogens (tertiary/aromatic N) is 5. The average Bonchev–Trinajstić information content (AvgIpc) is 2.77. The Balaban J connectivity index is 1.74. The number of hydrogen-bond acceptors (Lipinski definition) is 6. The molecule has 0 aliphatic carbocycles. The number of fused-ring (bicyclic) bond motifs is 1. The molecule has 2 aliphatic rings. The van der Waals surface area contributed by atoms with Crippen LogP contribution < -0.4 is 10.3 Å². The van der Waals surface area contributed by atoms with Gasteiger partial charge in [-0.25, -0.2) is 9.99 Å². The third kappa shape index (κ3) is 3.76. The third-order valence-corrected chi connectivity index (χ3v) is 6.09. The van der Waals surface area contributed by atoms with Gasteiger partial charge in [0.15, 0.2) is 0 Å². The number of ether oxygens (including phenoxy) is 1. The first kappa shape index (κ1) is 20.3. The molecule has 0 bridgehead atoms. The maximum absolute atomic E-state index is 9.37. The second kappa shape index (κ2) is 8.42. The molecule has 0 amide bonds. The van der Waals surface area contributed by atoms with E-state index in [1.807, 2.05) is 38.4 Å². The van der Waals surface area contributed by atoms with Gasteiger partial charge in [-0.05, 0) is 44.0 Å². The molecule has 7 heteroatoms. The minimum Gasteiger partial charge on any atom is -0.378 e. The maximum Gasteiger partial charge on any atom is 0.144 e. The molecule has 0 radical (unpaired) electrons. The number of nitrogens with one attached hydrogen (secondary N) is 1. The zero-order valence-corrected chi connectivity index (χ0v) is 18.0. The summed E-state index contributed by atoms with van der Waals surface area (Å²) in [5, 5.41) is 11.4. The summed E-state index contributed by atoms with van der Waals surface area (Å²) >= 11 is 0. The van der Waals surface area contributed by atoms with Gasteiger partial charge >= 0.3 is 0 Å². The third-order valence-electron chi connectivity index (χ3n) is 6.09. The van der Waals surface area contributed by atoms with Crippen molar-refractivity contribution >= 4 is 11.7 Å². The SMILES string of the molecule is Cc1c(C#N)cccc1[C@@H](C)N=C1NN(C)C(C)c2cnc(N3CCOCC3)cc21. The van der Waals surface area contributed by atoms with E-state index < -0.39 is 0 Å².